The number of ether oxygens (including phenoxy) is 1. The molecule has 200 valence electrons. The van der Waals surface area contributed by atoms with Crippen molar-refractivity contribution in [3.8, 4) is 5.75 Å². The van der Waals surface area contributed by atoms with Crippen molar-refractivity contribution >= 4 is 28.7 Å². The van der Waals surface area contributed by atoms with E-state index in [0.29, 0.717) is 30.8 Å². The summed E-state index contributed by atoms with van der Waals surface area (Å²) >= 11 is 0. The lowest BCUT2D eigenvalue weighted by molar-refractivity contribution is -0.207. The van der Waals surface area contributed by atoms with Crippen LogP contribution >= 0.6 is 0 Å². The Morgan fingerprint density at radius 3 is 2.39 bits per heavy atom. The minimum Gasteiger partial charge on any atom is -0.489 e. The van der Waals surface area contributed by atoms with Crippen LogP contribution in [0.1, 0.15) is 53.7 Å². The fraction of sp³-hybridized carbons (Fsp3) is 0.333. The fourth-order valence-electron chi connectivity index (χ4n) is 4.59. The van der Waals surface area contributed by atoms with Crippen molar-refractivity contribution in [2.75, 3.05) is 0 Å². The lowest BCUT2D eigenvalue weighted by Crippen LogP contribution is -2.49. The van der Waals surface area contributed by atoms with E-state index in [4.69, 9.17) is 4.74 Å². The number of benzene rings is 2. The minimum atomic E-state index is -5.23. The number of nitrogens with zero attached hydrogens (tertiary/aromatic N) is 1. The first-order chi connectivity index (χ1) is 18.0. The molecular formula is C27H26F3N3O5. The first-order valence-corrected chi connectivity index (χ1v) is 12.0. The van der Waals surface area contributed by atoms with Gasteiger partial charge in [0, 0.05) is 27.7 Å². The molecule has 2 N–H and O–H groups in total. The minimum absolute atomic E-state index is 0.312. The van der Waals surface area contributed by atoms with Gasteiger partial charge in [0.1, 0.15) is 12.4 Å². The molecule has 1 heterocycles. The third-order valence-electron chi connectivity index (χ3n) is 6.37. The molecule has 0 spiro atoms. The molecule has 0 aliphatic heterocycles. The Morgan fingerprint density at radius 2 is 1.71 bits per heavy atom. The van der Waals surface area contributed by atoms with Crippen molar-refractivity contribution in [3.05, 3.63) is 71.4 Å². The summed E-state index contributed by atoms with van der Waals surface area (Å²) in [7, 11) is 0. The maximum atomic E-state index is 12.9. The van der Waals surface area contributed by atoms with Crippen molar-refractivity contribution in [2.45, 2.75) is 57.3 Å². The fourth-order valence-corrected chi connectivity index (χ4v) is 4.59. The van der Waals surface area contributed by atoms with Crippen molar-refractivity contribution in [3.63, 3.8) is 0 Å². The van der Waals surface area contributed by atoms with Gasteiger partial charge in [0.2, 0.25) is 0 Å². The first kappa shape index (κ1) is 26.9. The lowest BCUT2D eigenvalue weighted by atomic mass is 9.92. The maximum absolute atomic E-state index is 12.9. The van der Waals surface area contributed by atoms with E-state index >= 15 is 0 Å². The van der Waals surface area contributed by atoms with Crippen molar-refractivity contribution in [1.29, 1.82) is 0 Å². The van der Waals surface area contributed by atoms with Gasteiger partial charge in [-0.25, -0.2) is 4.79 Å². The lowest BCUT2D eigenvalue weighted by Gasteiger charge is -2.29. The quantitative estimate of drug-likeness (QED) is 0.430. The van der Waals surface area contributed by atoms with Gasteiger partial charge in [-0.15, -0.1) is 0 Å². The topological polar surface area (TPSA) is 107 Å². The highest BCUT2D eigenvalue weighted by Crippen LogP contribution is 2.33. The standard InChI is InChI=1S/C27H26F3N3O5/c1-17-14-19(21-6-2-3-7-22(21)31-17)16-37-20-10-8-18(9-11-20)24(35)32-26(12-4-5-13-26)15-23(34)33-38-25(36)27(28,29)30/h2-3,6-11,14H,4-5,12-13,15-16H2,1H3,(H,32,35)(H,33,34). The Kier molecular flexibility index (Phi) is 7.84. The van der Waals surface area contributed by atoms with Crippen LogP contribution in [0.25, 0.3) is 10.9 Å². The number of para-hydroxylation sites is 1. The summed E-state index contributed by atoms with van der Waals surface area (Å²) in [5.74, 6) is -3.34. The third-order valence-corrected chi connectivity index (χ3v) is 6.37. The zero-order valence-corrected chi connectivity index (χ0v) is 20.6. The molecule has 0 bridgehead atoms. The zero-order valence-electron chi connectivity index (χ0n) is 20.6. The van der Waals surface area contributed by atoms with Gasteiger partial charge in [-0.2, -0.15) is 18.7 Å². The number of hydroxylamine groups is 1. The third kappa shape index (κ3) is 6.58. The van der Waals surface area contributed by atoms with E-state index in [2.05, 4.69) is 15.1 Å². The number of nitrogens with one attached hydrogen (secondary N) is 2. The van der Waals surface area contributed by atoms with Crippen molar-refractivity contribution in [2.24, 2.45) is 0 Å². The van der Waals surface area contributed by atoms with Gasteiger partial charge >= 0.3 is 12.1 Å². The van der Waals surface area contributed by atoms with Gasteiger partial charge in [-0.3, -0.25) is 14.6 Å². The SMILES string of the molecule is Cc1cc(COc2ccc(C(=O)NC3(CC(=O)NOC(=O)C(F)(F)F)CCCC3)cc2)c2ccccc2n1. The number of pyridine rings is 1. The summed E-state index contributed by atoms with van der Waals surface area (Å²) in [6.45, 7) is 2.23. The molecule has 3 aromatic rings. The Bertz CT molecular complexity index is 1340. The van der Waals surface area contributed by atoms with E-state index in [0.717, 1.165) is 35.0 Å². The highest BCUT2D eigenvalue weighted by atomic mass is 19.4. The molecule has 1 aromatic heterocycles. The van der Waals surface area contributed by atoms with Crippen LogP contribution in [0.4, 0.5) is 13.2 Å². The monoisotopic (exact) mass is 529 g/mol. The second-order valence-corrected chi connectivity index (χ2v) is 9.28. The van der Waals surface area contributed by atoms with Crippen LogP contribution < -0.4 is 15.5 Å². The molecule has 1 aliphatic rings. The van der Waals surface area contributed by atoms with Crippen LogP contribution in [-0.4, -0.2) is 34.5 Å². The summed E-state index contributed by atoms with van der Waals surface area (Å²) in [4.78, 5) is 44.3. The maximum Gasteiger partial charge on any atom is 0.493 e. The van der Waals surface area contributed by atoms with Gasteiger partial charge in [0.25, 0.3) is 11.8 Å². The number of halogens is 3. The molecule has 0 atom stereocenters. The molecule has 2 amide bonds. The van der Waals surface area contributed by atoms with E-state index in [-0.39, 0.29) is 6.42 Å². The number of aryl methyl sites for hydroxylation is 1. The largest absolute Gasteiger partial charge is 0.493 e. The van der Waals surface area contributed by atoms with E-state index in [1.165, 1.54) is 5.48 Å². The van der Waals surface area contributed by atoms with Crippen molar-refractivity contribution in [1.82, 2.24) is 15.8 Å². The molecule has 8 nitrogen and oxygen atoms in total. The predicted molar refractivity (Wildman–Crippen MR) is 131 cm³/mol. The van der Waals surface area contributed by atoms with E-state index in [1.807, 2.05) is 37.3 Å². The number of carbonyl (C=O) groups is 3. The molecule has 4 rings (SSSR count). The van der Waals surface area contributed by atoms with Crippen LogP contribution in [0.2, 0.25) is 0 Å². The smallest absolute Gasteiger partial charge is 0.489 e. The summed E-state index contributed by atoms with van der Waals surface area (Å²) in [5, 5.41) is 3.84. The van der Waals surface area contributed by atoms with Crippen molar-refractivity contribution < 1.29 is 37.1 Å². The Morgan fingerprint density at radius 1 is 1.03 bits per heavy atom. The number of hydrogen-bond acceptors (Lipinski definition) is 6. The summed E-state index contributed by atoms with van der Waals surface area (Å²) in [6, 6.07) is 16.3. The Labute approximate surface area is 216 Å². The molecule has 2 aromatic carbocycles. The second-order valence-electron chi connectivity index (χ2n) is 9.28. The summed E-state index contributed by atoms with van der Waals surface area (Å²) in [6.07, 6.45) is -3.19. The molecule has 38 heavy (non-hydrogen) atoms. The molecule has 0 unspecified atom stereocenters. The number of aromatic nitrogens is 1. The Balaban J connectivity index is 1.36. The molecule has 1 aliphatic carbocycles. The van der Waals surface area contributed by atoms with Crippen LogP contribution in [0.15, 0.2) is 54.6 Å². The van der Waals surface area contributed by atoms with E-state index < -0.39 is 29.5 Å². The molecular weight excluding hydrogens is 503 g/mol. The molecule has 0 saturated heterocycles. The number of carbonyl (C=O) groups excluding carboxylic acids is 3. The number of alkyl halides is 3. The number of rotatable bonds is 7. The van der Waals surface area contributed by atoms with Gasteiger partial charge in [-0.05, 0) is 56.2 Å². The molecule has 1 saturated carbocycles. The van der Waals surface area contributed by atoms with Crippen LogP contribution in [0.3, 0.4) is 0 Å². The highest BCUT2D eigenvalue weighted by Gasteiger charge is 2.43. The number of fused-ring (bicyclic) bond motifs is 1. The highest BCUT2D eigenvalue weighted by molar-refractivity contribution is 5.95. The van der Waals surface area contributed by atoms with Crippen LogP contribution in [0, 0.1) is 6.92 Å². The van der Waals surface area contributed by atoms with E-state index in [9.17, 15) is 27.6 Å². The summed E-state index contributed by atoms with van der Waals surface area (Å²) < 4.78 is 42.8. The van der Waals surface area contributed by atoms with Gasteiger partial charge in [0.05, 0.1) is 11.9 Å². The Hall–Kier alpha value is -4.15. The zero-order chi connectivity index (χ0) is 27.3. The number of amides is 2. The van der Waals surface area contributed by atoms with Gasteiger partial charge in [-0.1, -0.05) is 31.0 Å². The van der Waals surface area contributed by atoms with Gasteiger partial charge < -0.3 is 14.9 Å². The van der Waals surface area contributed by atoms with Gasteiger partial charge in [0.15, 0.2) is 0 Å². The van der Waals surface area contributed by atoms with Crippen LogP contribution in [-0.2, 0) is 21.0 Å². The average molecular weight is 530 g/mol. The second kappa shape index (κ2) is 11.1. The first-order valence-electron chi connectivity index (χ1n) is 12.0. The van der Waals surface area contributed by atoms with E-state index in [1.54, 1.807) is 24.3 Å². The average Bonchev–Trinajstić information content (AvgIpc) is 3.33. The molecule has 0 radical (unpaired) electrons. The predicted octanol–water partition coefficient (Wildman–Crippen LogP) is 4.69. The summed E-state index contributed by atoms with van der Waals surface area (Å²) in [5.41, 5.74) is 3.64. The number of hydrogen-bond donors (Lipinski definition) is 2. The molecule has 11 heteroatoms. The van der Waals surface area contributed by atoms with Crippen LogP contribution in [0.5, 0.6) is 5.75 Å². The normalized spacial score (nSPS) is 14.6. The molecule has 1 fully saturated rings.